The quantitative estimate of drug-likeness (QED) is 0.0307. The van der Waals surface area contributed by atoms with Crippen LogP contribution in [0.3, 0.4) is 0 Å². The first-order valence-corrected chi connectivity index (χ1v) is 39.5. The third-order valence-electron chi connectivity index (χ3n) is 20.1. The van der Waals surface area contributed by atoms with Crippen LogP contribution in [0.1, 0.15) is 100 Å². The molecule has 0 aliphatic heterocycles. The number of aliphatic hydroxyl groups excluding tert-OH is 4. The molecule has 0 aliphatic carbocycles. The number of aliphatic hydroxyl groups is 4. The topological polar surface area (TPSA) is 232 Å². The van der Waals surface area contributed by atoms with Crippen molar-refractivity contribution in [1.29, 1.82) is 0 Å². The molecule has 11 aromatic carbocycles. The Morgan fingerprint density at radius 3 is 1.06 bits per heavy atom. The summed E-state index contributed by atoms with van der Waals surface area (Å²) in [6.07, 6.45) is -0.135. The fourth-order valence-corrected chi connectivity index (χ4v) is 21.9. The van der Waals surface area contributed by atoms with Gasteiger partial charge in [-0.1, -0.05) is 106 Å². The molecular weight excluding hydrogens is 1410 g/mol. The molecule has 0 aliphatic rings. The molecule has 1 atom stereocenters. The van der Waals surface area contributed by atoms with Crippen molar-refractivity contribution in [3.63, 3.8) is 0 Å². The van der Waals surface area contributed by atoms with Gasteiger partial charge in [-0.15, -0.1) is 0 Å². The highest BCUT2D eigenvalue weighted by atomic mass is 32.2. The molecule has 107 heavy (non-hydrogen) atoms. The van der Waals surface area contributed by atoms with Gasteiger partial charge in [0.15, 0.2) is 27.9 Å². The lowest BCUT2D eigenvalue weighted by Crippen LogP contribution is -2.40. The zero-order valence-electron chi connectivity index (χ0n) is 62.3. The predicted molar refractivity (Wildman–Crippen MR) is 418 cm³/mol. The maximum atomic E-state index is 14.2. The number of ether oxygens (including phenoxy) is 9. The molecule has 20 heteroatoms. The van der Waals surface area contributed by atoms with Gasteiger partial charge in [0.2, 0.25) is 19.7 Å². The second kappa shape index (κ2) is 32.5. The van der Waals surface area contributed by atoms with Crippen LogP contribution in [0.25, 0.3) is 0 Å². The van der Waals surface area contributed by atoms with Gasteiger partial charge in [0.25, 0.3) is 0 Å². The average Bonchev–Trinajstić information content (AvgIpc) is 0.699. The predicted octanol–water partition coefficient (Wildman–Crippen LogP) is 15.3. The molecule has 0 bridgehead atoms. The van der Waals surface area contributed by atoms with E-state index in [1.165, 1.54) is 59.8 Å². The van der Waals surface area contributed by atoms with Gasteiger partial charge in [0.1, 0.15) is 64.7 Å². The lowest BCUT2D eigenvalue weighted by molar-refractivity contribution is 0.276. The van der Waals surface area contributed by atoms with E-state index in [1.54, 1.807) is 117 Å². The van der Waals surface area contributed by atoms with E-state index in [1.807, 2.05) is 98.8 Å². The number of hydrogen-bond donors (Lipinski definition) is 4. The van der Waals surface area contributed by atoms with Gasteiger partial charge in [-0.2, -0.15) is 0 Å². The summed E-state index contributed by atoms with van der Waals surface area (Å²) in [6.45, 7) is 9.80. The van der Waals surface area contributed by atoms with Crippen LogP contribution in [0.15, 0.2) is 232 Å². The highest BCUT2D eigenvalue weighted by Gasteiger charge is 2.57. The molecule has 11 rings (SSSR count). The molecule has 0 spiro atoms. The zero-order valence-corrected chi connectivity index (χ0v) is 64.8. The van der Waals surface area contributed by atoms with Crippen LogP contribution in [-0.2, 0) is 69.5 Å². The Morgan fingerprint density at radius 2 is 0.682 bits per heavy atom. The average molecular weight is 1500 g/mol. The summed E-state index contributed by atoms with van der Waals surface area (Å²) in [4.78, 5) is 0.381. The molecule has 0 amide bonds. The van der Waals surface area contributed by atoms with E-state index in [9.17, 15) is 37.3 Å². The molecule has 0 aromatic heterocycles. The lowest BCUT2D eigenvalue weighted by atomic mass is 9.77. The van der Waals surface area contributed by atoms with E-state index in [2.05, 4.69) is 27.7 Å². The first-order valence-electron chi connectivity index (χ1n) is 34.6. The van der Waals surface area contributed by atoms with E-state index in [-0.39, 0.29) is 55.2 Å². The summed E-state index contributed by atoms with van der Waals surface area (Å²) in [5, 5.41) is 49.9. The Labute approximate surface area is 627 Å². The summed E-state index contributed by atoms with van der Waals surface area (Å²) in [5.74, 6) is 3.88. The van der Waals surface area contributed by atoms with Crippen molar-refractivity contribution in [2.45, 2.75) is 111 Å². The Balaban J connectivity index is 1.23. The SMILES string of the molecule is COc1ccc(C(C)(C)c2ccc(Oc3ccc(S(=O)(=O)c4ccc(C)cc4)cc3)c(Cc3c(OC)cc(OC)c([P+](Cc4cc(C(C)(C)c5ccc(OC)cc5)ccc4Oc4ccc(S(=O)(=O)c5ccc(C)cc5)cc4)(c4c(CO)cc(OC)cc4CO)c4c(OC)cc(CO)cc4OC)c3CO)c2)cc1. The molecule has 0 heterocycles. The van der Waals surface area contributed by atoms with Crippen molar-refractivity contribution in [2.75, 3.05) is 49.8 Å². The molecule has 0 radical (unpaired) electrons. The fraction of sp³-hybridized carbons (Fsp3) is 0.241. The van der Waals surface area contributed by atoms with Gasteiger partial charge in [0.05, 0.1) is 95.8 Å². The first kappa shape index (κ1) is 77.9. The molecule has 17 nitrogen and oxygen atoms in total. The number of benzene rings is 11. The van der Waals surface area contributed by atoms with Crippen molar-refractivity contribution in [1.82, 2.24) is 0 Å². The Morgan fingerprint density at radius 1 is 0.318 bits per heavy atom. The largest absolute Gasteiger partial charge is 0.497 e. The minimum Gasteiger partial charge on any atom is -0.497 e. The second-order valence-electron chi connectivity index (χ2n) is 27.1. The van der Waals surface area contributed by atoms with Crippen LogP contribution in [0.5, 0.6) is 63.2 Å². The molecule has 0 saturated heterocycles. The maximum Gasteiger partial charge on any atom is 0.206 e. The molecule has 556 valence electrons. The number of hydrogen-bond acceptors (Lipinski definition) is 17. The number of aryl methyl sites for hydroxylation is 2. The van der Waals surface area contributed by atoms with E-state index in [0.29, 0.717) is 95.1 Å². The standard InChI is InChI=1S/C87H90O17PS2/c1-55-14-32-71(33-15-55)106(92,93)73-36-28-68(29-37-73)103-77-40-22-64(86(3,4)62-18-24-66(96-7)25-19-62)44-58(77)48-75-76(53-91)84(82(102-13)49-79(75)99-10)105(83-59(51-89)46-70(98-9)47-60(83)52-90,85-80(100-11)42-57(50-88)43-81(85)101-12)54-61-45-65(87(5,6)63-20-26-67(97-8)27-21-63)23-41-78(61)104-69-30-38-74(39-31-69)107(94,95)72-34-16-56(2)17-35-72/h14-47,49,88-91H,48,50-54H2,1-13H3/q+1. The van der Waals surface area contributed by atoms with E-state index in [0.717, 1.165) is 33.4 Å². The minimum atomic E-state index is -4.18. The maximum absolute atomic E-state index is 14.2. The third kappa shape index (κ3) is 15.5. The number of methoxy groups -OCH3 is 7. The van der Waals surface area contributed by atoms with Crippen LogP contribution in [0.2, 0.25) is 0 Å². The summed E-state index contributed by atoms with van der Waals surface area (Å²) in [6, 6.07) is 61.7. The van der Waals surface area contributed by atoms with Gasteiger partial charge in [-0.25, -0.2) is 16.8 Å². The van der Waals surface area contributed by atoms with Gasteiger partial charge in [-0.05, 0) is 187 Å². The third-order valence-corrected chi connectivity index (χ3v) is 28.3. The summed E-state index contributed by atoms with van der Waals surface area (Å²) < 4.78 is 114. The fourth-order valence-electron chi connectivity index (χ4n) is 13.9. The van der Waals surface area contributed by atoms with Crippen LogP contribution in [-0.4, -0.2) is 87.0 Å². The lowest BCUT2D eigenvalue weighted by Gasteiger charge is -2.36. The second-order valence-corrected chi connectivity index (χ2v) is 34.3. The Hall–Kier alpha value is -10.2. The van der Waals surface area contributed by atoms with Gasteiger partial charge >= 0.3 is 0 Å². The molecule has 0 saturated carbocycles. The zero-order chi connectivity index (χ0) is 76.8. The molecule has 4 N–H and O–H groups in total. The van der Waals surface area contributed by atoms with Crippen LogP contribution < -0.4 is 58.5 Å². The van der Waals surface area contributed by atoms with Gasteiger partial charge in [0, 0.05) is 51.1 Å². The van der Waals surface area contributed by atoms with E-state index in [4.69, 9.17) is 42.6 Å². The van der Waals surface area contributed by atoms with Crippen molar-refractivity contribution < 1.29 is 79.9 Å². The summed E-state index contributed by atoms with van der Waals surface area (Å²) in [7, 11) is -1.34. The number of sulfone groups is 2. The molecule has 1 unspecified atom stereocenters. The van der Waals surface area contributed by atoms with Gasteiger partial charge < -0.3 is 63.1 Å². The monoisotopic (exact) mass is 1500 g/mol. The van der Waals surface area contributed by atoms with E-state index < -0.39 is 64.2 Å². The Bertz CT molecular complexity index is 5120. The van der Waals surface area contributed by atoms with E-state index >= 15 is 0 Å². The Kier molecular flexibility index (Phi) is 23.6. The molecule has 0 fully saturated rings. The van der Waals surface area contributed by atoms with Gasteiger partial charge in [-0.3, -0.25) is 0 Å². The highest BCUT2D eigenvalue weighted by Crippen LogP contribution is 2.67. The van der Waals surface area contributed by atoms with Crippen molar-refractivity contribution in [3.05, 3.63) is 285 Å². The summed E-state index contributed by atoms with van der Waals surface area (Å²) in [5.41, 5.74) is 6.92. The van der Waals surface area contributed by atoms with Crippen LogP contribution in [0, 0.1) is 13.8 Å². The summed E-state index contributed by atoms with van der Waals surface area (Å²) >= 11 is 0. The number of rotatable bonds is 30. The van der Waals surface area contributed by atoms with Crippen LogP contribution >= 0.6 is 7.26 Å². The van der Waals surface area contributed by atoms with Crippen molar-refractivity contribution in [3.8, 4) is 63.2 Å². The first-order chi connectivity index (χ1) is 51.3. The van der Waals surface area contributed by atoms with Crippen molar-refractivity contribution in [2.24, 2.45) is 0 Å². The minimum absolute atomic E-state index is 0.0205. The molecule has 11 aromatic rings. The normalized spacial score (nSPS) is 12.4. The molecular formula is C87H90O17PS2+. The smallest absolute Gasteiger partial charge is 0.206 e. The van der Waals surface area contributed by atoms with Crippen LogP contribution in [0.4, 0.5) is 0 Å². The van der Waals surface area contributed by atoms with Crippen molar-refractivity contribution >= 4 is 42.9 Å². The highest BCUT2D eigenvalue weighted by molar-refractivity contribution is 7.95.